The summed E-state index contributed by atoms with van der Waals surface area (Å²) >= 11 is 0. The van der Waals surface area contributed by atoms with Crippen molar-refractivity contribution in [2.24, 2.45) is 22.6 Å². The topological polar surface area (TPSA) is 53.6 Å². The Hall–Kier alpha value is -0.250. The molecule has 0 aromatic rings. The van der Waals surface area contributed by atoms with E-state index < -0.39 is 12.7 Å². The van der Waals surface area contributed by atoms with Gasteiger partial charge in [0.25, 0.3) is 0 Å². The van der Waals surface area contributed by atoms with Gasteiger partial charge in [0.05, 0.1) is 6.54 Å². The predicted octanol–water partition coefficient (Wildman–Crippen LogP) is 2.05. The van der Waals surface area contributed by atoms with Crippen molar-refractivity contribution in [3.8, 4) is 0 Å². The number of aliphatic imine (C=N–C) groups is 1. The number of guanidine groups is 1. The largest absolute Gasteiger partial charge is 0.401 e. The van der Waals surface area contributed by atoms with Crippen LogP contribution in [0.5, 0.6) is 0 Å². The molecule has 0 aromatic carbocycles. The maximum absolute atomic E-state index is 12.2. The molecule has 0 amide bonds. The lowest BCUT2D eigenvalue weighted by atomic mass is 10.1. The summed E-state index contributed by atoms with van der Waals surface area (Å²) in [5.74, 6) is 1.02. The molecule has 1 atom stereocenters. The summed E-state index contributed by atoms with van der Waals surface area (Å²) in [4.78, 5) is 5.59. The molecule has 0 spiro atoms. The highest BCUT2D eigenvalue weighted by Gasteiger charge is 2.34. The number of nitrogens with zero attached hydrogens (tertiary/aromatic N) is 2. The molecule has 120 valence electrons. The van der Waals surface area contributed by atoms with Crippen molar-refractivity contribution in [2.45, 2.75) is 26.4 Å². The molecule has 1 rings (SSSR count). The van der Waals surface area contributed by atoms with Gasteiger partial charge in [-0.25, -0.2) is 0 Å². The highest BCUT2D eigenvalue weighted by atomic mass is 127. The number of halogens is 4. The molecule has 20 heavy (non-hydrogen) atoms. The second kappa shape index (κ2) is 8.91. The van der Waals surface area contributed by atoms with Gasteiger partial charge in [-0.05, 0) is 24.8 Å². The minimum atomic E-state index is -4.11. The second-order valence-electron chi connectivity index (χ2n) is 5.51. The molecule has 4 nitrogen and oxygen atoms in total. The molecule has 0 radical (unpaired) electrons. The number of alkyl halides is 3. The van der Waals surface area contributed by atoms with Crippen LogP contribution >= 0.6 is 24.0 Å². The van der Waals surface area contributed by atoms with E-state index >= 15 is 0 Å². The number of nitrogens with two attached hydrogens (primary N) is 1. The Morgan fingerprint density at radius 1 is 1.45 bits per heavy atom. The first kappa shape index (κ1) is 19.8. The van der Waals surface area contributed by atoms with E-state index in [1.807, 2.05) is 13.8 Å². The van der Waals surface area contributed by atoms with Crippen LogP contribution in [-0.2, 0) is 0 Å². The Bertz CT molecular complexity index is 308. The number of rotatable bonds is 5. The second-order valence-corrected chi connectivity index (χ2v) is 5.51. The average Bonchev–Trinajstić information content (AvgIpc) is 2.68. The number of likely N-dealkylation sites (tertiary alicyclic amines) is 1. The summed E-state index contributed by atoms with van der Waals surface area (Å²) in [6.07, 6.45) is -3.35. The first-order chi connectivity index (χ1) is 8.76. The maximum Gasteiger partial charge on any atom is 0.401 e. The van der Waals surface area contributed by atoms with Gasteiger partial charge in [-0.3, -0.25) is 9.89 Å². The maximum atomic E-state index is 12.2. The highest BCUT2D eigenvalue weighted by Crippen LogP contribution is 2.22. The standard InChI is InChI=1S/C12H23F3N4.HI/c1-9(2)5-17-11(16)18-6-10-3-4-19(7-10)8-12(13,14)15;/h9-10H,3-8H2,1-2H3,(H3,16,17,18);1H. The Morgan fingerprint density at radius 2 is 2.10 bits per heavy atom. The van der Waals surface area contributed by atoms with Crippen molar-refractivity contribution in [3.05, 3.63) is 0 Å². The lowest BCUT2D eigenvalue weighted by Crippen LogP contribution is -2.37. The van der Waals surface area contributed by atoms with E-state index in [1.54, 1.807) is 0 Å². The van der Waals surface area contributed by atoms with Gasteiger partial charge in [-0.2, -0.15) is 13.2 Å². The van der Waals surface area contributed by atoms with Crippen LogP contribution in [0, 0.1) is 11.8 Å². The third-order valence-corrected chi connectivity index (χ3v) is 2.97. The quantitative estimate of drug-likeness (QED) is 0.416. The molecule has 1 unspecified atom stereocenters. The van der Waals surface area contributed by atoms with Crippen molar-refractivity contribution in [3.63, 3.8) is 0 Å². The van der Waals surface area contributed by atoms with Crippen LogP contribution < -0.4 is 11.1 Å². The minimum Gasteiger partial charge on any atom is -0.370 e. The summed E-state index contributed by atoms with van der Waals surface area (Å²) in [6.45, 7) is 5.47. The molecule has 0 bridgehead atoms. The van der Waals surface area contributed by atoms with Crippen LogP contribution in [0.4, 0.5) is 13.2 Å². The lowest BCUT2D eigenvalue weighted by molar-refractivity contribution is -0.143. The fraction of sp³-hybridized carbons (Fsp3) is 0.917. The van der Waals surface area contributed by atoms with Crippen LogP contribution in [0.15, 0.2) is 4.99 Å². The van der Waals surface area contributed by atoms with E-state index in [-0.39, 0.29) is 29.9 Å². The molecule has 1 aliphatic heterocycles. The summed E-state index contributed by atoms with van der Waals surface area (Å²) in [5, 5.41) is 2.98. The normalized spacial score (nSPS) is 21.1. The van der Waals surface area contributed by atoms with E-state index in [4.69, 9.17) is 5.73 Å². The van der Waals surface area contributed by atoms with Crippen LogP contribution in [-0.4, -0.2) is 49.8 Å². The molecule has 0 aromatic heterocycles. The highest BCUT2D eigenvalue weighted by molar-refractivity contribution is 14.0. The van der Waals surface area contributed by atoms with Crippen LogP contribution in [0.25, 0.3) is 0 Å². The van der Waals surface area contributed by atoms with Gasteiger partial charge in [-0.15, -0.1) is 24.0 Å². The van der Waals surface area contributed by atoms with Crippen molar-refractivity contribution in [1.82, 2.24) is 10.2 Å². The Morgan fingerprint density at radius 3 is 2.65 bits per heavy atom. The smallest absolute Gasteiger partial charge is 0.370 e. The van der Waals surface area contributed by atoms with Crippen molar-refractivity contribution >= 4 is 29.9 Å². The van der Waals surface area contributed by atoms with Gasteiger partial charge in [-0.1, -0.05) is 13.8 Å². The molecule has 0 aliphatic carbocycles. The van der Waals surface area contributed by atoms with Gasteiger partial charge in [0.1, 0.15) is 0 Å². The van der Waals surface area contributed by atoms with Crippen molar-refractivity contribution in [2.75, 3.05) is 32.7 Å². The van der Waals surface area contributed by atoms with Gasteiger partial charge < -0.3 is 11.1 Å². The molecule has 1 aliphatic rings. The molecular weight excluding hydrogens is 384 g/mol. The Balaban J connectivity index is 0.00000361. The number of hydrogen-bond donors (Lipinski definition) is 2. The average molecular weight is 408 g/mol. The molecule has 1 saturated heterocycles. The third-order valence-electron chi connectivity index (χ3n) is 2.97. The Kier molecular flexibility index (Phi) is 8.80. The van der Waals surface area contributed by atoms with E-state index in [9.17, 15) is 13.2 Å². The predicted molar refractivity (Wildman–Crippen MR) is 85.3 cm³/mol. The fourth-order valence-electron chi connectivity index (χ4n) is 2.06. The van der Waals surface area contributed by atoms with E-state index in [1.165, 1.54) is 4.90 Å². The first-order valence-corrected chi connectivity index (χ1v) is 6.59. The number of hydrogen-bond acceptors (Lipinski definition) is 2. The zero-order chi connectivity index (χ0) is 14.5. The van der Waals surface area contributed by atoms with Crippen LogP contribution in [0.2, 0.25) is 0 Å². The summed E-state index contributed by atoms with van der Waals surface area (Å²) in [5.41, 5.74) is 5.68. The Labute approximate surface area is 135 Å². The first-order valence-electron chi connectivity index (χ1n) is 6.59. The van der Waals surface area contributed by atoms with Crippen molar-refractivity contribution in [1.29, 1.82) is 0 Å². The van der Waals surface area contributed by atoms with E-state index in [0.29, 0.717) is 38.1 Å². The number of nitrogens with one attached hydrogen (secondary N) is 1. The fourth-order valence-corrected chi connectivity index (χ4v) is 2.06. The van der Waals surface area contributed by atoms with Gasteiger partial charge >= 0.3 is 6.18 Å². The molecule has 8 heteroatoms. The van der Waals surface area contributed by atoms with E-state index in [0.717, 1.165) is 6.42 Å². The molecule has 0 saturated carbocycles. The molecule has 1 fully saturated rings. The van der Waals surface area contributed by atoms with Crippen molar-refractivity contribution < 1.29 is 13.2 Å². The molecule has 1 heterocycles. The van der Waals surface area contributed by atoms with Gasteiger partial charge in [0.15, 0.2) is 5.96 Å². The monoisotopic (exact) mass is 408 g/mol. The van der Waals surface area contributed by atoms with E-state index in [2.05, 4.69) is 10.3 Å². The van der Waals surface area contributed by atoms with Gasteiger partial charge in [0.2, 0.25) is 0 Å². The van der Waals surface area contributed by atoms with Crippen LogP contribution in [0.3, 0.4) is 0 Å². The minimum absolute atomic E-state index is 0. The summed E-state index contributed by atoms with van der Waals surface area (Å²) < 4.78 is 36.7. The summed E-state index contributed by atoms with van der Waals surface area (Å²) in [7, 11) is 0. The van der Waals surface area contributed by atoms with Crippen LogP contribution in [0.1, 0.15) is 20.3 Å². The lowest BCUT2D eigenvalue weighted by Gasteiger charge is -2.18. The third kappa shape index (κ3) is 8.83. The summed E-state index contributed by atoms with van der Waals surface area (Å²) in [6, 6.07) is 0. The zero-order valence-electron chi connectivity index (χ0n) is 11.9. The molecule has 3 N–H and O–H groups in total. The molecular formula is C12H24F3IN4. The van der Waals surface area contributed by atoms with Gasteiger partial charge in [0, 0.05) is 19.6 Å². The zero-order valence-corrected chi connectivity index (χ0v) is 14.2. The SMILES string of the molecule is CC(C)CN=C(N)NCC1CCN(CC(F)(F)F)C1.I.